The summed E-state index contributed by atoms with van der Waals surface area (Å²) in [5, 5.41) is 8.87. The molecule has 0 bridgehead atoms. The number of aromatic nitrogens is 3. The molecule has 1 amide bonds. The fourth-order valence-electron chi connectivity index (χ4n) is 4.23. The lowest BCUT2D eigenvalue weighted by Crippen LogP contribution is -2.23. The number of fused-ring (bicyclic) bond motifs is 1. The maximum Gasteiger partial charge on any atom is 0.281 e. The number of nitrogens with one attached hydrogen (secondary N) is 1. The van der Waals surface area contributed by atoms with Crippen molar-refractivity contribution < 1.29 is 9.53 Å². The molecule has 0 aliphatic rings. The van der Waals surface area contributed by atoms with Crippen LogP contribution in [-0.4, -0.2) is 27.4 Å². The number of ether oxygens (including phenoxy) is 1. The lowest BCUT2D eigenvalue weighted by atomic mass is 10.2. The van der Waals surface area contributed by atoms with Crippen molar-refractivity contribution in [3.63, 3.8) is 0 Å². The molecule has 0 aliphatic carbocycles. The summed E-state index contributed by atoms with van der Waals surface area (Å²) in [6.45, 7) is 5.02. The molecule has 7 heteroatoms. The lowest BCUT2D eigenvalue weighted by Gasteiger charge is -2.11. The van der Waals surface area contributed by atoms with Crippen LogP contribution < -0.4 is 15.6 Å². The first-order chi connectivity index (χ1) is 16.0. The van der Waals surface area contributed by atoms with Gasteiger partial charge in [0.15, 0.2) is 0 Å². The molecule has 0 saturated heterocycles. The van der Waals surface area contributed by atoms with E-state index in [2.05, 4.69) is 15.0 Å². The van der Waals surface area contributed by atoms with Gasteiger partial charge in [-0.25, -0.2) is 0 Å². The molecule has 0 saturated carbocycles. The number of rotatable bonds is 8. The highest BCUT2D eigenvalue weighted by molar-refractivity contribution is 5.87. The highest BCUT2D eigenvalue weighted by Crippen LogP contribution is 2.23. The molecule has 4 aromatic rings. The second-order valence-electron chi connectivity index (χ2n) is 8.00. The van der Waals surface area contributed by atoms with Gasteiger partial charge in [-0.15, -0.1) is 0 Å². The van der Waals surface area contributed by atoms with Crippen LogP contribution in [0.1, 0.15) is 29.8 Å². The van der Waals surface area contributed by atoms with Gasteiger partial charge in [0.1, 0.15) is 5.75 Å². The van der Waals surface area contributed by atoms with E-state index in [0.717, 1.165) is 33.8 Å². The number of carbonyl (C=O) groups excluding carboxylic acids is 1. The molecular formula is C26H28N4O3. The number of methoxy groups -OCH3 is 1. The summed E-state index contributed by atoms with van der Waals surface area (Å²) in [5.41, 5.74) is 3.43. The number of hydrogen-bond donors (Lipinski definition) is 1. The van der Waals surface area contributed by atoms with Crippen molar-refractivity contribution in [3.8, 4) is 11.4 Å². The Kier molecular flexibility index (Phi) is 6.58. The summed E-state index contributed by atoms with van der Waals surface area (Å²) in [6.07, 6.45) is 2.82. The Labute approximate surface area is 192 Å². The normalized spacial score (nSPS) is 11.0. The van der Waals surface area contributed by atoms with Crippen LogP contribution in [0.2, 0.25) is 0 Å². The summed E-state index contributed by atoms with van der Waals surface area (Å²) in [4.78, 5) is 25.6. The van der Waals surface area contributed by atoms with Crippen LogP contribution in [0.5, 0.6) is 5.75 Å². The van der Waals surface area contributed by atoms with Crippen molar-refractivity contribution in [1.82, 2.24) is 19.7 Å². The molecule has 2 aromatic heterocycles. The smallest absolute Gasteiger partial charge is 0.281 e. The number of aryl methyl sites for hydroxylation is 2. The molecule has 2 aromatic carbocycles. The quantitative estimate of drug-likeness (QED) is 0.447. The van der Waals surface area contributed by atoms with Gasteiger partial charge in [-0.1, -0.05) is 36.4 Å². The van der Waals surface area contributed by atoms with Gasteiger partial charge < -0.3 is 14.6 Å². The topological polar surface area (TPSA) is 78.2 Å². The highest BCUT2D eigenvalue weighted by atomic mass is 16.5. The van der Waals surface area contributed by atoms with Gasteiger partial charge in [0.2, 0.25) is 5.91 Å². The molecule has 0 spiro atoms. The fourth-order valence-corrected chi connectivity index (χ4v) is 4.23. The third-order valence-corrected chi connectivity index (χ3v) is 5.99. The minimum atomic E-state index is -0.132. The van der Waals surface area contributed by atoms with E-state index in [1.165, 1.54) is 4.68 Å². The van der Waals surface area contributed by atoms with Crippen molar-refractivity contribution in [3.05, 3.63) is 88.1 Å². The molecule has 0 radical (unpaired) electrons. The van der Waals surface area contributed by atoms with Gasteiger partial charge in [0, 0.05) is 41.8 Å². The van der Waals surface area contributed by atoms with Crippen LogP contribution in [0.15, 0.2) is 65.6 Å². The van der Waals surface area contributed by atoms with E-state index in [9.17, 15) is 9.59 Å². The molecule has 2 heterocycles. The van der Waals surface area contributed by atoms with Crippen molar-refractivity contribution >= 4 is 16.7 Å². The SMILES string of the molecule is COc1ccccc1CNC(=O)CCCn1c(C)c2cnn(-c3ccccc3)c(=O)c2c1C. The van der Waals surface area contributed by atoms with E-state index in [0.29, 0.717) is 31.3 Å². The number of hydrogen-bond acceptors (Lipinski definition) is 4. The van der Waals surface area contributed by atoms with Gasteiger partial charge in [-0.3, -0.25) is 9.59 Å². The van der Waals surface area contributed by atoms with E-state index >= 15 is 0 Å². The lowest BCUT2D eigenvalue weighted by molar-refractivity contribution is -0.121. The monoisotopic (exact) mass is 444 g/mol. The first kappa shape index (κ1) is 22.3. The van der Waals surface area contributed by atoms with Gasteiger partial charge in [0.25, 0.3) is 5.56 Å². The summed E-state index contributed by atoms with van der Waals surface area (Å²) < 4.78 is 8.87. The van der Waals surface area contributed by atoms with Crippen molar-refractivity contribution in [2.24, 2.45) is 0 Å². The second-order valence-corrected chi connectivity index (χ2v) is 8.00. The predicted molar refractivity (Wildman–Crippen MR) is 129 cm³/mol. The number of para-hydroxylation sites is 2. The van der Waals surface area contributed by atoms with Crippen LogP contribution in [0.25, 0.3) is 16.5 Å². The van der Waals surface area contributed by atoms with Gasteiger partial charge >= 0.3 is 0 Å². The van der Waals surface area contributed by atoms with Gasteiger partial charge in [-0.05, 0) is 38.5 Å². The maximum atomic E-state index is 13.2. The summed E-state index contributed by atoms with van der Waals surface area (Å²) in [7, 11) is 1.62. The number of amides is 1. The van der Waals surface area contributed by atoms with E-state index in [1.54, 1.807) is 13.3 Å². The van der Waals surface area contributed by atoms with Crippen LogP contribution in [0.3, 0.4) is 0 Å². The Morgan fingerprint density at radius 2 is 1.76 bits per heavy atom. The highest BCUT2D eigenvalue weighted by Gasteiger charge is 2.17. The number of carbonyl (C=O) groups is 1. The van der Waals surface area contributed by atoms with Gasteiger partial charge in [-0.2, -0.15) is 9.78 Å². The Balaban J connectivity index is 1.45. The summed E-state index contributed by atoms with van der Waals surface area (Å²) >= 11 is 0. The zero-order valence-electron chi connectivity index (χ0n) is 19.2. The molecule has 33 heavy (non-hydrogen) atoms. The zero-order chi connectivity index (χ0) is 23.4. The summed E-state index contributed by atoms with van der Waals surface area (Å²) in [6, 6.07) is 17.0. The summed E-state index contributed by atoms with van der Waals surface area (Å²) in [5.74, 6) is 0.749. The first-order valence-corrected chi connectivity index (χ1v) is 11.0. The largest absolute Gasteiger partial charge is 0.496 e. The Bertz CT molecular complexity index is 1340. The van der Waals surface area contributed by atoms with Crippen molar-refractivity contribution in [2.75, 3.05) is 7.11 Å². The zero-order valence-corrected chi connectivity index (χ0v) is 19.2. The van der Waals surface area contributed by atoms with E-state index in [4.69, 9.17) is 4.74 Å². The average Bonchev–Trinajstić information content (AvgIpc) is 3.09. The third kappa shape index (κ3) is 4.53. The Hall–Kier alpha value is -3.87. The minimum Gasteiger partial charge on any atom is -0.496 e. The van der Waals surface area contributed by atoms with E-state index in [-0.39, 0.29) is 11.5 Å². The number of benzene rings is 2. The molecule has 4 rings (SSSR count). The maximum absolute atomic E-state index is 13.2. The van der Waals surface area contributed by atoms with Crippen molar-refractivity contribution in [1.29, 1.82) is 0 Å². The molecule has 7 nitrogen and oxygen atoms in total. The Morgan fingerprint density at radius 1 is 1.03 bits per heavy atom. The van der Waals surface area contributed by atoms with Gasteiger partial charge in [0.05, 0.1) is 24.4 Å². The molecule has 0 atom stereocenters. The number of nitrogens with zero attached hydrogens (tertiary/aromatic N) is 3. The second kappa shape index (κ2) is 9.73. The van der Waals surface area contributed by atoms with Crippen LogP contribution in [-0.2, 0) is 17.9 Å². The van der Waals surface area contributed by atoms with E-state index < -0.39 is 0 Å². The molecule has 0 unspecified atom stereocenters. The standard InChI is InChI=1S/C26H28N4O3/c1-18-22-17-28-30(21-11-5-4-6-12-21)26(32)25(22)19(2)29(18)15-9-14-24(31)27-16-20-10-7-8-13-23(20)33-3/h4-8,10-13,17H,9,14-16H2,1-3H3,(H,27,31). The fraction of sp³-hybridized carbons (Fsp3) is 0.269. The third-order valence-electron chi connectivity index (χ3n) is 5.99. The molecule has 0 fully saturated rings. The average molecular weight is 445 g/mol. The van der Waals surface area contributed by atoms with Crippen molar-refractivity contribution in [2.45, 2.75) is 39.8 Å². The molecular weight excluding hydrogens is 416 g/mol. The molecule has 0 aliphatic heterocycles. The minimum absolute atomic E-state index is 0.0129. The molecule has 170 valence electrons. The van der Waals surface area contributed by atoms with Crippen LogP contribution >= 0.6 is 0 Å². The van der Waals surface area contributed by atoms with Crippen LogP contribution in [0.4, 0.5) is 0 Å². The van der Waals surface area contributed by atoms with Crippen LogP contribution in [0, 0.1) is 13.8 Å². The predicted octanol–water partition coefficient (Wildman–Crippen LogP) is 3.91. The molecule has 1 N–H and O–H groups in total. The Morgan fingerprint density at radius 3 is 2.52 bits per heavy atom. The van der Waals surface area contributed by atoms with E-state index in [1.807, 2.05) is 68.4 Å². The first-order valence-electron chi connectivity index (χ1n) is 11.0.